The Morgan fingerprint density at radius 1 is 0.478 bits per heavy atom. The highest BCUT2D eigenvalue weighted by Gasteiger charge is 2.14. The summed E-state index contributed by atoms with van der Waals surface area (Å²) in [5.74, 6) is -0.673. The molecule has 0 amide bonds. The Bertz CT molecular complexity index is 779. The Morgan fingerprint density at radius 3 is 1.35 bits per heavy atom. The second-order valence-electron chi connectivity index (χ2n) is 13.1. The van der Waals surface area contributed by atoms with Gasteiger partial charge in [-0.1, -0.05) is 152 Å². The average molecular weight is 643 g/mol. The molecule has 0 saturated carbocycles. The highest BCUT2D eigenvalue weighted by atomic mass is 16.5. The summed E-state index contributed by atoms with van der Waals surface area (Å²) in [5, 5.41) is 8.68. The molecule has 1 unspecified atom stereocenters. The van der Waals surface area contributed by atoms with Gasteiger partial charge in [0.05, 0.1) is 0 Å². The number of ether oxygens (including phenoxy) is 1. The number of carbonyl (C=O) groups is 2. The molecule has 0 aromatic heterocycles. The molecule has 0 saturated heterocycles. The maximum atomic E-state index is 12.5. The van der Waals surface area contributed by atoms with Gasteiger partial charge in [0.1, 0.15) is 6.10 Å². The zero-order valence-corrected chi connectivity index (χ0v) is 30.4. The van der Waals surface area contributed by atoms with Gasteiger partial charge in [0.15, 0.2) is 0 Å². The summed E-state index contributed by atoms with van der Waals surface area (Å²) in [6.07, 6.45) is 50.2. The van der Waals surface area contributed by atoms with Crippen LogP contribution >= 0.6 is 0 Å². The Labute approximate surface area is 285 Å². The lowest BCUT2D eigenvalue weighted by Gasteiger charge is -2.18. The van der Waals surface area contributed by atoms with Crippen LogP contribution in [0.4, 0.5) is 0 Å². The van der Waals surface area contributed by atoms with E-state index in [-0.39, 0.29) is 12.1 Å². The Morgan fingerprint density at radius 2 is 0.848 bits per heavy atom. The number of carboxylic acid groups (broad SMARTS) is 1. The van der Waals surface area contributed by atoms with Crippen LogP contribution in [0, 0.1) is 0 Å². The third kappa shape index (κ3) is 36.4. The smallest absolute Gasteiger partial charge is 0.306 e. The van der Waals surface area contributed by atoms with Crippen LogP contribution in [0.2, 0.25) is 0 Å². The maximum absolute atomic E-state index is 12.5. The third-order valence-corrected chi connectivity index (χ3v) is 8.55. The predicted octanol–water partition coefficient (Wildman–Crippen LogP) is 13.6. The van der Waals surface area contributed by atoms with E-state index in [1.807, 2.05) is 0 Å². The molecule has 0 rings (SSSR count). The largest absolute Gasteiger partial charge is 0.481 e. The number of aliphatic carboxylic acids is 1. The van der Waals surface area contributed by atoms with E-state index < -0.39 is 5.97 Å². The second-order valence-corrected chi connectivity index (χ2v) is 13.1. The Hall–Kier alpha value is -2.10. The van der Waals surface area contributed by atoms with E-state index in [9.17, 15) is 9.59 Å². The van der Waals surface area contributed by atoms with Crippen LogP contribution < -0.4 is 0 Å². The lowest BCUT2D eigenvalue weighted by Crippen LogP contribution is -2.18. The fourth-order valence-electron chi connectivity index (χ4n) is 5.64. The SMILES string of the molecule is CCCCC/C=C\C/C=C\C/C=C\C/C=C\CCCCCC(=O)OC(CCCCC)CCCCCCCCCCCCCC(=O)O. The van der Waals surface area contributed by atoms with Crippen molar-refractivity contribution in [2.75, 3.05) is 0 Å². The normalized spacial score (nSPS) is 12.7. The van der Waals surface area contributed by atoms with Crippen LogP contribution in [-0.4, -0.2) is 23.1 Å². The minimum absolute atomic E-state index is 0.00202. The zero-order chi connectivity index (χ0) is 33.6. The van der Waals surface area contributed by atoms with E-state index in [2.05, 4.69) is 62.5 Å². The lowest BCUT2D eigenvalue weighted by molar-refractivity contribution is -0.150. The summed E-state index contributed by atoms with van der Waals surface area (Å²) in [5.41, 5.74) is 0. The summed E-state index contributed by atoms with van der Waals surface area (Å²) in [6.45, 7) is 4.47. The van der Waals surface area contributed by atoms with Crippen molar-refractivity contribution in [2.45, 2.75) is 206 Å². The van der Waals surface area contributed by atoms with Crippen molar-refractivity contribution in [3.8, 4) is 0 Å². The van der Waals surface area contributed by atoms with Crippen LogP contribution in [0.25, 0.3) is 0 Å². The van der Waals surface area contributed by atoms with Crippen molar-refractivity contribution < 1.29 is 19.4 Å². The van der Waals surface area contributed by atoms with E-state index in [1.165, 1.54) is 83.5 Å². The number of carboxylic acids is 1. The van der Waals surface area contributed by atoms with E-state index in [0.717, 1.165) is 89.9 Å². The number of hydrogen-bond donors (Lipinski definition) is 1. The van der Waals surface area contributed by atoms with Crippen molar-refractivity contribution in [2.24, 2.45) is 0 Å². The number of rotatable bonds is 35. The minimum Gasteiger partial charge on any atom is -0.481 e. The molecule has 0 spiro atoms. The number of esters is 1. The molecule has 0 fully saturated rings. The standard InChI is InChI=1S/C42H74O4/c1-3-5-7-8-9-10-11-12-13-14-15-16-17-18-22-25-28-31-35-39-42(45)46-40(36-32-6-4-2)37-33-29-26-23-20-19-21-24-27-30-34-38-41(43)44/h9-10,12-13,15-16,18,22,40H,3-8,11,14,17,19-21,23-39H2,1-2H3,(H,43,44)/b10-9-,13-12-,16-15-,22-18-. The molecule has 0 aromatic rings. The molecule has 0 aliphatic heterocycles. The molecular formula is C42H74O4. The number of carbonyl (C=O) groups excluding carboxylic acids is 1. The first-order chi connectivity index (χ1) is 22.6. The molecule has 1 N–H and O–H groups in total. The highest BCUT2D eigenvalue weighted by molar-refractivity contribution is 5.69. The van der Waals surface area contributed by atoms with Crippen molar-refractivity contribution in [3.63, 3.8) is 0 Å². The van der Waals surface area contributed by atoms with Crippen molar-refractivity contribution >= 4 is 11.9 Å². The van der Waals surface area contributed by atoms with Crippen LogP contribution in [0.1, 0.15) is 200 Å². The van der Waals surface area contributed by atoms with Crippen molar-refractivity contribution in [1.29, 1.82) is 0 Å². The molecule has 266 valence electrons. The minimum atomic E-state index is -0.675. The second kappa shape index (κ2) is 37.4. The van der Waals surface area contributed by atoms with Crippen LogP contribution in [0.15, 0.2) is 48.6 Å². The van der Waals surface area contributed by atoms with Crippen LogP contribution in [-0.2, 0) is 14.3 Å². The number of allylic oxidation sites excluding steroid dienone is 8. The van der Waals surface area contributed by atoms with Gasteiger partial charge in [0.2, 0.25) is 0 Å². The van der Waals surface area contributed by atoms with E-state index in [1.54, 1.807) is 0 Å². The average Bonchev–Trinajstić information content (AvgIpc) is 3.04. The molecule has 0 aliphatic rings. The molecule has 1 atom stereocenters. The fraction of sp³-hybridized carbons (Fsp3) is 0.762. The molecule has 0 aliphatic carbocycles. The van der Waals surface area contributed by atoms with Gasteiger partial charge in [-0.3, -0.25) is 9.59 Å². The van der Waals surface area contributed by atoms with E-state index in [4.69, 9.17) is 9.84 Å². The quantitative estimate of drug-likeness (QED) is 0.0424. The zero-order valence-electron chi connectivity index (χ0n) is 30.4. The van der Waals surface area contributed by atoms with Gasteiger partial charge in [-0.2, -0.15) is 0 Å². The Kier molecular flexibility index (Phi) is 35.7. The van der Waals surface area contributed by atoms with Gasteiger partial charge in [0, 0.05) is 12.8 Å². The summed E-state index contributed by atoms with van der Waals surface area (Å²) in [4.78, 5) is 23.1. The molecule has 46 heavy (non-hydrogen) atoms. The summed E-state index contributed by atoms with van der Waals surface area (Å²) < 4.78 is 5.95. The topological polar surface area (TPSA) is 63.6 Å². The Balaban J connectivity index is 3.82. The third-order valence-electron chi connectivity index (χ3n) is 8.55. The van der Waals surface area contributed by atoms with Crippen molar-refractivity contribution in [1.82, 2.24) is 0 Å². The van der Waals surface area contributed by atoms with Crippen LogP contribution in [0.5, 0.6) is 0 Å². The number of hydrogen-bond acceptors (Lipinski definition) is 3. The van der Waals surface area contributed by atoms with Gasteiger partial charge >= 0.3 is 11.9 Å². The maximum Gasteiger partial charge on any atom is 0.306 e. The van der Waals surface area contributed by atoms with Gasteiger partial charge in [-0.25, -0.2) is 0 Å². The first-order valence-electron chi connectivity index (χ1n) is 19.6. The molecule has 0 radical (unpaired) electrons. The summed E-state index contributed by atoms with van der Waals surface area (Å²) in [6, 6.07) is 0. The lowest BCUT2D eigenvalue weighted by atomic mass is 10.0. The summed E-state index contributed by atoms with van der Waals surface area (Å²) >= 11 is 0. The van der Waals surface area contributed by atoms with Gasteiger partial charge in [-0.05, 0) is 83.5 Å². The molecule has 0 heterocycles. The first-order valence-corrected chi connectivity index (χ1v) is 19.6. The van der Waals surface area contributed by atoms with Gasteiger partial charge in [0.25, 0.3) is 0 Å². The highest BCUT2D eigenvalue weighted by Crippen LogP contribution is 2.18. The fourth-order valence-corrected chi connectivity index (χ4v) is 5.64. The molecule has 4 heteroatoms. The van der Waals surface area contributed by atoms with Gasteiger partial charge in [-0.15, -0.1) is 0 Å². The summed E-state index contributed by atoms with van der Waals surface area (Å²) in [7, 11) is 0. The number of unbranched alkanes of at least 4 members (excludes halogenated alkanes) is 18. The first kappa shape index (κ1) is 43.9. The van der Waals surface area contributed by atoms with Crippen molar-refractivity contribution in [3.05, 3.63) is 48.6 Å². The van der Waals surface area contributed by atoms with E-state index >= 15 is 0 Å². The molecule has 4 nitrogen and oxygen atoms in total. The molecule has 0 aromatic carbocycles. The monoisotopic (exact) mass is 643 g/mol. The van der Waals surface area contributed by atoms with Gasteiger partial charge < -0.3 is 9.84 Å². The van der Waals surface area contributed by atoms with E-state index in [0.29, 0.717) is 12.8 Å². The molecule has 0 bridgehead atoms. The molecular weight excluding hydrogens is 568 g/mol. The predicted molar refractivity (Wildman–Crippen MR) is 199 cm³/mol. The van der Waals surface area contributed by atoms with Crippen LogP contribution in [0.3, 0.4) is 0 Å².